The maximum absolute atomic E-state index is 3.61. The second-order valence-corrected chi connectivity index (χ2v) is 3.83. The van der Waals surface area contributed by atoms with Crippen LogP contribution >= 0.6 is 0 Å². The average molecular weight is 170 g/mol. The predicted molar refractivity (Wildman–Crippen MR) is 53.4 cm³/mol. The van der Waals surface area contributed by atoms with Crippen LogP contribution in [0.5, 0.6) is 0 Å². The minimum atomic E-state index is 0.664. The Morgan fingerprint density at radius 3 is 2.33 bits per heavy atom. The number of rotatable bonds is 6. The summed E-state index contributed by atoms with van der Waals surface area (Å²) in [7, 11) is 0. The second-order valence-electron chi connectivity index (χ2n) is 3.83. The number of nitrogens with zero attached hydrogens (tertiary/aromatic N) is 1. The van der Waals surface area contributed by atoms with E-state index >= 15 is 0 Å². The van der Waals surface area contributed by atoms with Crippen molar-refractivity contribution < 1.29 is 0 Å². The molecular weight excluding hydrogens is 148 g/mol. The van der Waals surface area contributed by atoms with Gasteiger partial charge in [-0.3, -0.25) is 0 Å². The van der Waals surface area contributed by atoms with Gasteiger partial charge in [0.1, 0.15) is 0 Å². The van der Waals surface area contributed by atoms with Gasteiger partial charge in [-0.25, -0.2) is 0 Å². The highest BCUT2D eigenvalue weighted by atomic mass is 15.1. The van der Waals surface area contributed by atoms with E-state index < -0.39 is 0 Å². The van der Waals surface area contributed by atoms with Crippen LogP contribution in [0.1, 0.15) is 33.6 Å². The number of hydrogen-bond donors (Lipinski definition) is 1. The number of likely N-dealkylation sites (N-methyl/N-ethyl adjacent to an activating group) is 1. The largest absolute Gasteiger partial charge is 0.310 e. The number of hydrogen-bond acceptors (Lipinski definition) is 2. The van der Waals surface area contributed by atoms with Gasteiger partial charge in [0.15, 0.2) is 0 Å². The van der Waals surface area contributed by atoms with Crippen LogP contribution in [0.2, 0.25) is 0 Å². The van der Waals surface area contributed by atoms with Gasteiger partial charge < -0.3 is 10.2 Å². The molecule has 0 radical (unpaired) electrons. The molecule has 1 aliphatic rings. The van der Waals surface area contributed by atoms with E-state index in [1.165, 1.54) is 32.5 Å². The normalized spacial score (nSPS) is 20.0. The maximum Gasteiger partial charge on any atom is 0.0169 e. The van der Waals surface area contributed by atoms with Gasteiger partial charge in [-0.15, -0.1) is 0 Å². The van der Waals surface area contributed by atoms with Crippen LogP contribution in [0.25, 0.3) is 0 Å². The molecule has 1 saturated carbocycles. The van der Waals surface area contributed by atoms with E-state index in [1.807, 2.05) is 0 Å². The zero-order chi connectivity index (χ0) is 8.97. The summed E-state index contributed by atoms with van der Waals surface area (Å²) >= 11 is 0. The molecule has 0 aromatic carbocycles. The quantitative estimate of drug-likeness (QED) is 0.649. The molecule has 2 nitrogen and oxygen atoms in total. The van der Waals surface area contributed by atoms with Crippen molar-refractivity contribution in [2.24, 2.45) is 0 Å². The average Bonchev–Trinajstić information content (AvgIpc) is 2.84. The van der Waals surface area contributed by atoms with Gasteiger partial charge in [0.05, 0.1) is 0 Å². The summed E-state index contributed by atoms with van der Waals surface area (Å²) in [4.78, 5) is 2.47. The van der Waals surface area contributed by atoms with E-state index in [0.29, 0.717) is 6.04 Å². The zero-order valence-corrected chi connectivity index (χ0v) is 8.64. The molecule has 1 fully saturated rings. The summed E-state index contributed by atoms with van der Waals surface area (Å²) in [6, 6.07) is 1.51. The van der Waals surface area contributed by atoms with Crippen molar-refractivity contribution in [2.45, 2.75) is 45.7 Å². The van der Waals surface area contributed by atoms with E-state index in [0.717, 1.165) is 6.04 Å². The molecule has 0 amide bonds. The first kappa shape index (κ1) is 10.0. The van der Waals surface area contributed by atoms with Crippen molar-refractivity contribution in [2.75, 3.05) is 19.6 Å². The Morgan fingerprint density at radius 1 is 1.33 bits per heavy atom. The molecule has 2 heteroatoms. The van der Waals surface area contributed by atoms with Gasteiger partial charge in [0, 0.05) is 18.6 Å². The summed E-state index contributed by atoms with van der Waals surface area (Å²) in [5.74, 6) is 0. The fourth-order valence-corrected chi connectivity index (χ4v) is 1.57. The first-order valence-corrected chi connectivity index (χ1v) is 5.24. The Kier molecular flexibility index (Phi) is 4.02. The molecule has 1 unspecified atom stereocenters. The molecule has 0 spiro atoms. The molecule has 0 aliphatic heterocycles. The Labute approximate surface area is 76.3 Å². The Bertz CT molecular complexity index is 117. The standard InChI is InChI=1S/C10H22N2/c1-4-12(5-2)8-9(3)11-10-6-7-10/h9-11H,4-8H2,1-3H3. The van der Waals surface area contributed by atoms with Crippen LogP contribution in [0, 0.1) is 0 Å². The number of nitrogens with one attached hydrogen (secondary N) is 1. The van der Waals surface area contributed by atoms with Crippen molar-refractivity contribution in [3.63, 3.8) is 0 Å². The Morgan fingerprint density at radius 2 is 1.92 bits per heavy atom. The zero-order valence-electron chi connectivity index (χ0n) is 8.64. The lowest BCUT2D eigenvalue weighted by Gasteiger charge is -2.23. The molecule has 1 N–H and O–H groups in total. The highest BCUT2D eigenvalue weighted by molar-refractivity contribution is 4.84. The molecule has 0 saturated heterocycles. The van der Waals surface area contributed by atoms with Gasteiger partial charge in [0.25, 0.3) is 0 Å². The fourth-order valence-electron chi connectivity index (χ4n) is 1.57. The molecule has 0 aromatic rings. The van der Waals surface area contributed by atoms with Crippen LogP contribution in [-0.2, 0) is 0 Å². The lowest BCUT2D eigenvalue weighted by atomic mass is 10.3. The topological polar surface area (TPSA) is 15.3 Å². The predicted octanol–water partition coefficient (Wildman–Crippen LogP) is 1.47. The van der Waals surface area contributed by atoms with Crippen molar-refractivity contribution in [1.82, 2.24) is 10.2 Å². The molecule has 0 bridgehead atoms. The van der Waals surface area contributed by atoms with Gasteiger partial charge in [0.2, 0.25) is 0 Å². The molecule has 72 valence electrons. The summed E-state index contributed by atoms with van der Waals surface area (Å²) < 4.78 is 0. The summed E-state index contributed by atoms with van der Waals surface area (Å²) in [6.07, 6.45) is 2.78. The third-order valence-corrected chi connectivity index (χ3v) is 2.52. The molecule has 1 rings (SSSR count). The summed E-state index contributed by atoms with van der Waals surface area (Å²) in [6.45, 7) is 10.3. The minimum Gasteiger partial charge on any atom is -0.310 e. The van der Waals surface area contributed by atoms with Crippen LogP contribution in [0.3, 0.4) is 0 Å². The highest BCUT2D eigenvalue weighted by Gasteiger charge is 2.22. The van der Waals surface area contributed by atoms with Gasteiger partial charge in [-0.1, -0.05) is 13.8 Å². The van der Waals surface area contributed by atoms with E-state index in [1.54, 1.807) is 0 Å². The smallest absolute Gasteiger partial charge is 0.0169 e. The minimum absolute atomic E-state index is 0.664. The van der Waals surface area contributed by atoms with Crippen molar-refractivity contribution >= 4 is 0 Å². The molecule has 1 aliphatic carbocycles. The lowest BCUT2D eigenvalue weighted by molar-refractivity contribution is 0.270. The van der Waals surface area contributed by atoms with Crippen LogP contribution < -0.4 is 5.32 Å². The monoisotopic (exact) mass is 170 g/mol. The summed E-state index contributed by atoms with van der Waals surface area (Å²) in [5.41, 5.74) is 0. The van der Waals surface area contributed by atoms with Gasteiger partial charge >= 0.3 is 0 Å². The first-order chi connectivity index (χ1) is 5.76. The molecular formula is C10H22N2. The third kappa shape index (κ3) is 3.55. The van der Waals surface area contributed by atoms with Gasteiger partial charge in [-0.05, 0) is 32.9 Å². The molecule has 1 atom stereocenters. The summed E-state index contributed by atoms with van der Waals surface area (Å²) in [5, 5.41) is 3.61. The maximum atomic E-state index is 3.61. The van der Waals surface area contributed by atoms with Crippen LogP contribution in [0.15, 0.2) is 0 Å². The van der Waals surface area contributed by atoms with Crippen LogP contribution in [-0.4, -0.2) is 36.6 Å². The highest BCUT2D eigenvalue weighted by Crippen LogP contribution is 2.19. The first-order valence-electron chi connectivity index (χ1n) is 5.24. The Hall–Kier alpha value is -0.0800. The van der Waals surface area contributed by atoms with Gasteiger partial charge in [-0.2, -0.15) is 0 Å². The molecule has 12 heavy (non-hydrogen) atoms. The SMILES string of the molecule is CCN(CC)CC(C)NC1CC1. The van der Waals surface area contributed by atoms with E-state index in [9.17, 15) is 0 Å². The molecule has 0 heterocycles. The van der Waals surface area contributed by atoms with E-state index in [-0.39, 0.29) is 0 Å². The van der Waals surface area contributed by atoms with Crippen molar-refractivity contribution in [3.8, 4) is 0 Å². The Balaban J connectivity index is 2.09. The van der Waals surface area contributed by atoms with E-state index in [4.69, 9.17) is 0 Å². The van der Waals surface area contributed by atoms with Crippen molar-refractivity contribution in [3.05, 3.63) is 0 Å². The third-order valence-electron chi connectivity index (χ3n) is 2.52. The molecule has 0 aromatic heterocycles. The lowest BCUT2D eigenvalue weighted by Crippen LogP contribution is -2.39. The van der Waals surface area contributed by atoms with E-state index in [2.05, 4.69) is 31.0 Å². The second kappa shape index (κ2) is 4.83. The fraction of sp³-hybridized carbons (Fsp3) is 1.00. The van der Waals surface area contributed by atoms with Crippen LogP contribution in [0.4, 0.5) is 0 Å². The van der Waals surface area contributed by atoms with Crippen molar-refractivity contribution in [1.29, 1.82) is 0 Å².